The van der Waals surface area contributed by atoms with Gasteiger partial charge in [0.05, 0.1) is 6.61 Å². The number of aliphatic hydroxyl groups is 1. The minimum absolute atomic E-state index is 0.0308. The van der Waals surface area contributed by atoms with Crippen LogP contribution >= 0.6 is 0 Å². The lowest BCUT2D eigenvalue weighted by atomic mass is 10.1. The number of aromatic nitrogens is 1. The highest BCUT2D eigenvalue weighted by molar-refractivity contribution is 5.84. The Hall–Kier alpha value is -2.41. The van der Waals surface area contributed by atoms with Crippen LogP contribution in [-0.2, 0) is 23.9 Å². The van der Waals surface area contributed by atoms with Crippen LogP contribution in [-0.4, -0.2) is 16.0 Å². The van der Waals surface area contributed by atoms with Gasteiger partial charge in [0.2, 0.25) is 0 Å². The lowest BCUT2D eigenvalue weighted by Gasteiger charge is -2.15. The van der Waals surface area contributed by atoms with E-state index in [4.69, 9.17) is 5.11 Å². The van der Waals surface area contributed by atoms with E-state index in [1.54, 1.807) is 0 Å². The van der Waals surface area contributed by atoms with Crippen LogP contribution in [0, 0.1) is 5.82 Å². The molecular formula is C15H13F3N2O2. The van der Waals surface area contributed by atoms with Gasteiger partial charge in [-0.3, -0.25) is 9.78 Å². The molecule has 0 saturated carbocycles. The zero-order chi connectivity index (χ0) is 16.2. The van der Waals surface area contributed by atoms with Crippen molar-refractivity contribution in [2.24, 2.45) is 0 Å². The number of amides is 1. The molecule has 7 heteroatoms. The predicted octanol–water partition coefficient (Wildman–Crippen LogP) is 2.12. The molecule has 0 unspecified atom stereocenters. The van der Waals surface area contributed by atoms with E-state index >= 15 is 0 Å². The lowest BCUT2D eigenvalue weighted by molar-refractivity contribution is -0.147. The predicted molar refractivity (Wildman–Crippen MR) is 72.3 cm³/mol. The van der Waals surface area contributed by atoms with E-state index in [2.05, 4.69) is 10.3 Å². The Labute approximate surface area is 124 Å². The number of aliphatic hydroxyl groups excluding tert-OH is 1. The molecule has 0 saturated heterocycles. The minimum Gasteiger partial charge on any atom is -0.392 e. The molecule has 0 aliphatic rings. The summed E-state index contributed by atoms with van der Waals surface area (Å²) in [7, 11) is 0. The molecule has 0 spiro atoms. The number of alkyl halides is 2. The van der Waals surface area contributed by atoms with Crippen LogP contribution in [0.4, 0.5) is 13.2 Å². The number of nitrogens with one attached hydrogen (secondary N) is 1. The largest absolute Gasteiger partial charge is 0.392 e. The van der Waals surface area contributed by atoms with E-state index in [-0.39, 0.29) is 12.1 Å². The maximum Gasteiger partial charge on any atom is 0.366 e. The second kappa shape index (κ2) is 6.57. The van der Waals surface area contributed by atoms with Gasteiger partial charge < -0.3 is 10.4 Å². The topological polar surface area (TPSA) is 62.2 Å². The van der Waals surface area contributed by atoms with Crippen molar-refractivity contribution in [3.8, 4) is 0 Å². The molecule has 0 bridgehead atoms. The summed E-state index contributed by atoms with van der Waals surface area (Å²) in [5.41, 5.74) is -0.221. The van der Waals surface area contributed by atoms with Crippen molar-refractivity contribution in [2.75, 3.05) is 0 Å². The molecule has 0 atom stereocenters. The smallest absolute Gasteiger partial charge is 0.366 e. The van der Waals surface area contributed by atoms with Crippen molar-refractivity contribution in [1.29, 1.82) is 0 Å². The third-order valence-electron chi connectivity index (χ3n) is 3.01. The molecular weight excluding hydrogens is 297 g/mol. The summed E-state index contributed by atoms with van der Waals surface area (Å²) < 4.78 is 41.0. The third kappa shape index (κ3) is 3.43. The molecule has 1 amide bonds. The molecule has 1 aromatic carbocycles. The van der Waals surface area contributed by atoms with Crippen molar-refractivity contribution in [2.45, 2.75) is 19.1 Å². The number of halogens is 3. The summed E-state index contributed by atoms with van der Waals surface area (Å²) >= 11 is 0. The quantitative estimate of drug-likeness (QED) is 0.889. The van der Waals surface area contributed by atoms with Gasteiger partial charge >= 0.3 is 5.92 Å². The number of pyridine rings is 1. The van der Waals surface area contributed by atoms with Gasteiger partial charge in [-0.25, -0.2) is 4.39 Å². The van der Waals surface area contributed by atoms with Gasteiger partial charge in [0.15, 0.2) is 0 Å². The lowest BCUT2D eigenvalue weighted by Crippen LogP contribution is -2.38. The standard InChI is InChI=1S/C15H13F3N2O2/c16-12-5-4-10(7-11(12)9-21)8-20-14(22)15(17,18)13-3-1-2-6-19-13/h1-7,21H,8-9H2,(H,20,22). The highest BCUT2D eigenvalue weighted by Gasteiger charge is 2.42. The van der Waals surface area contributed by atoms with Gasteiger partial charge in [0, 0.05) is 18.3 Å². The molecule has 2 rings (SSSR count). The molecule has 0 aliphatic carbocycles. The minimum atomic E-state index is -3.76. The Balaban J connectivity index is 2.06. The third-order valence-corrected chi connectivity index (χ3v) is 3.01. The number of carbonyl (C=O) groups is 1. The first-order chi connectivity index (χ1) is 10.4. The van der Waals surface area contributed by atoms with E-state index in [0.29, 0.717) is 5.56 Å². The Kier molecular flexibility index (Phi) is 4.77. The average molecular weight is 310 g/mol. The summed E-state index contributed by atoms with van der Waals surface area (Å²) in [6, 6.07) is 7.62. The Bertz CT molecular complexity index is 663. The SMILES string of the molecule is O=C(NCc1ccc(F)c(CO)c1)C(F)(F)c1ccccn1. The van der Waals surface area contributed by atoms with Crippen molar-refractivity contribution in [3.63, 3.8) is 0 Å². The molecule has 4 nitrogen and oxygen atoms in total. The fourth-order valence-electron chi connectivity index (χ4n) is 1.82. The number of benzene rings is 1. The van der Waals surface area contributed by atoms with Crippen molar-refractivity contribution >= 4 is 5.91 Å². The molecule has 116 valence electrons. The molecule has 0 fully saturated rings. The fraction of sp³-hybridized carbons (Fsp3) is 0.200. The van der Waals surface area contributed by atoms with Crippen LogP contribution in [0.25, 0.3) is 0 Å². The normalized spacial score (nSPS) is 11.3. The highest BCUT2D eigenvalue weighted by atomic mass is 19.3. The second-order valence-corrected chi connectivity index (χ2v) is 4.56. The Morgan fingerprint density at radius 1 is 1.27 bits per heavy atom. The van der Waals surface area contributed by atoms with Crippen molar-refractivity contribution in [3.05, 3.63) is 65.2 Å². The molecule has 22 heavy (non-hydrogen) atoms. The Morgan fingerprint density at radius 2 is 2.05 bits per heavy atom. The summed E-state index contributed by atoms with van der Waals surface area (Å²) in [5.74, 6) is -5.86. The maximum absolute atomic E-state index is 13.9. The van der Waals surface area contributed by atoms with Gasteiger partial charge in [-0.15, -0.1) is 0 Å². The maximum atomic E-state index is 13.9. The Morgan fingerprint density at radius 3 is 2.68 bits per heavy atom. The first kappa shape index (κ1) is 16.0. The van der Waals surface area contributed by atoms with Crippen LogP contribution in [0.5, 0.6) is 0 Å². The molecule has 2 N–H and O–H groups in total. The first-order valence-corrected chi connectivity index (χ1v) is 6.41. The van der Waals surface area contributed by atoms with E-state index in [0.717, 1.165) is 12.1 Å². The molecule has 1 heterocycles. The molecule has 0 aliphatic heterocycles. The van der Waals surface area contributed by atoms with Gasteiger partial charge in [-0.2, -0.15) is 8.78 Å². The van der Waals surface area contributed by atoms with Crippen molar-refractivity contribution < 1.29 is 23.1 Å². The van der Waals surface area contributed by atoms with Crippen LogP contribution in [0.3, 0.4) is 0 Å². The number of hydrogen-bond donors (Lipinski definition) is 2. The van der Waals surface area contributed by atoms with Crippen molar-refractivity contribution in [1.82, 2.24) is 10.3 Å². The fourth-order valence-corrected chi connectivity index (χ4v) is 1.82. The van der Waals surface area contributed by atoms with Gasteiger partial charge in [0.1, 0.15) is 11.5 Å². The zero-order valence-electron chi connectivity index (χ0n) is 11.4. The van der Waals surface area contributed by atoms with Gasteiger partial charge in [0.25, 0.3) is 5.91 Å². The summed E-state index contributed by atoms with van der Waals surface area (Å²) in [4.78, 5) is 15.1. The van der Waals surface area contributed by atoms with Crippen LogP contribution in [0.15, 0.2) is 42.6 Å². The van der Waals surface area contributed by atoms with E-state index in [1.807, 2.05) is 0 Å². The highest BCUT2D eigenvalue weighted by Crippen LogP contribution is 2.26. The number of carbonyl (C=O) groups excluding carboxylic acids is 1. The van der Waals surface area contributed by atoms with E-state index in [1.165, 1.54) is 30.5 Å². The second-order valence-electron chi connectivity index (χ2n) is 4.56. The molecule has 0 radical (unpaired) electrons. The van der Waals surface area contributed by atoms with Gasteiger partial charge in [-0.05, 0) is 29.8 Å². The summed E-state index contributed by atoms with van der Waals surface area (Å²) in [5, 5.41) is 11.0. The monoisotopic (exact) mass is 310 g/mol. The van der Waals surface area contributed by atoms with Crippen LogP contribution in [0.1, 0.15) is 16.8 Å². The first-order valence-electron chi connectivity index (χ1n) is 6.41. The van der Waals surface area contributed by atoms with Crippen LogP contribution in [0.2, 0.25) is 0 Å². The molecule has 1 aromatic heterocycles. The number of nitrogens with zero attached hydrogens (tertiary/aromatic N) is 1. The molecule has 2 aromatic rings. The number of hydrogen-bond acceptors (Lipinski definition) is 3. The van der Waals surface area contributed by atoms with E-state index in [9.17, 15) is 18.0 Å². The van der Waals surface area contributed by atoms with Gasteiger partial charge in [-0.1, -0.05) is 12.1 Å². The average Bonchev–Trinajstić information content (AvgIpc) is 2.54. The number of rotatable bonds is 5. The van der Waals surface area contributed by atoms with E-state index < -0.39 is 29.9 Å². The van der Waals surface area contributed by atoms with Crippen LogP contribution < -0.4 is 5.32 Å². The summed E-state index contributed by atoms with van der Waals surface area (Å²) in [6.45, 7) is -0.730. The zero-order valence-corrected chi connectivity index (χ0v) is 11.4. The summed E-state index contributed by atoms with van der Waals surface area (Å²) in [6.07, 6.45) is 1.17.